The Morgan fingerprint density at radius 3 is 2.65 bits per heavy atom. The monoisotopic (exact) mass is 271 g/mol. The van der Waals surface area contributed by atoms with E-state index in [4.69, 9.17) is 4.74 Å². The molecule has 1 atom stereocenters. The number of hydrogen-bond donors (Lipinski definition) is 1. The van der Waals surface area contributed by atoms with Crippen LogP contribution in [0.4, 0.5) is 0 Å². The van der Waals surface area contributed by atoms with Crippen molar-refractivity contribution in [2.45, 2.75) is 45.1 Å². The fourth-order valence-corrected chi connectivity index (χ4v) is 2.18. The highest BCUT2D eigenvalue weighted by Crippen LogP contribution is 2.20. The molecule has 0 spiro atoms. The highest BCUT2D eigenvalue weighted by molar-refractivity contribution is 5.27. The molecule has 1 heterocycles. The van der Waals surface area contributed by atoms with Gasteiger partial charge in [-0.3, -0.25) is 0 Å². The first kappa shape index (κ1) is 14.6. The minimum absolute atomic E-state index is 0.0621. The lowest BCUT2D eigenvalue weighted by Gasteiger charge is -2.12. The fourth-order valence-electron chi connectivity index (χ4n) is 2.18. The molecule has 1 aromatic heterocycles. The number of aromatic nitrogens is 2. The van der Waals surface area contributed by atoms with Crippen LogP contribution in [0.3, 0.4) is 0 Å². The van der Waals surface area contributed by atoms with Crippen molar-refractivity contribution < 1.29 is 4.74 Å². The summed E-state index contributed by atoms with van der Waals surface area (Å²) in [4.78, 5) is 7.27. The van der Waals surface area contributed by atoms with Crippen LogP contribution in [0.1, 0.15) is 50.1 Å². The van der Waals surface area contributed by atoms with Crippen LogP contribution in [0.25, 0.3) is 0 Å². The van der Waals surface area contributed by atoms with Crippen molar-refractivity contribution in [1.82, 2.24) is 9.97 Å². The lowest BCUT2D eigenvalue weighted by atomic mass is 10.1. The minimum Gasteiger partial charge on any atom is -0.483 e. The number of ether oxygens (including phenoxy) is 1. The summed E-state index contributed by atoms with van der Waals surface area (Å²) in [7, 11) is 0. The second-order valence-corrected chi connectivity index (χ2v) is 5.04. The van der Waals surface area contributed by atoms with Gasteiger partial charge in [0.1, 0.15) is 11.6 Å². The summed E-state index contributed by atoms with van der Waals surface area (Å²) < 4.78 is 5.85. The summed E-state index contributed by atoms with van der Waals surface area (Å²) in [6.45, 7) is 5.86. The van der Waals surface area contributed by atoms with Crippen molar-refractivity contribution in [1.29, 1.82) is 0 Å². The number of aromatic amines is 1. The van der Waals surface area contributed by atoms with Gasteiger partial charge in [0, 0.05) is 12.4 Å². The van der Waals surface area contributed by atoms with Crippen molar-refractivity contribution in [2.24, 2.45) is 0 Å². The Balaban J connectivity index is 1.82. The van der Waals surface area contributed by atoms with Gasteiger partial charge in [0.15, 0.2) is 6.10 Å². The Morgan fingerprint density at radius 1 is 1.20 bits per heavy atom. The van der Waals surface area contributed by atoms with Crippen LogP contribution in [-0.2, 0) is 6.42 Å². The zero-order valence-corrected chi connectivity index (χ0v) is 12.1. The van der Waals surface area contributed by atoms with Crippen LogP contribution in [0, 0.1) is 6.92 Å². The molecule has 0 bridgehead atoms. The number of H-pyrrole nitrogens is 1. The van der Waals surface area contributed by atoms with Gasteiger partial charge in [0.05, 0.1) is 0 Å². The maximum atomic E-state index is 5.85. The van der Waals surface area contributed by atoms with Crippen molar-refractivity contribution in [3.05, 3.63) is 55.0 Å². The van der Waals surface area contributed by atoms with Crippen molar-refractivity contribution in [3.63, 3.8) is 0 Å². The summed E-state index contributed by atoms with van der Waals surface area (Å²) in [5.41, 5.74) is 1.37. The molecule has 3 heteroatoms. The van der Waals surface area contributed by atoms with E-state index in [1.807, 2.05) is 25.3 Å². The summed E-state index contributed by atoms with van der Waals surface area (Å²) in [6, 6.07) is 8.37. The molecule has 0 amide bonds. The molecule has 20 heavy (non-hydrogen) atoms. The Bertz CT molecular complexity index is 476. The summed E-state index contributed by atoms with van der Waals surface area (Å²) in [5, 5.41) is 0. The van der Waals surface area contributed by atoms with E-state index < -0.39 is 0 Å². The van der Waals surface area contributed by atoms with E-state index in [1.165, 1.54) is 24.8 Å². The predicted molar refractivity (Wildman–Crippen MR) is 81.6 cm³/mol. The molecule has 1 aromatic carbocycles. The number of aryl methyl sites for hydroxylation is 1. The lowest BCUT2D eigenvalue weighted by molar-refractivity contribution is 0.217. The number of imidazole rings is 1. The maximum Gasteiger partial charge on any atom is 0.153 e. The molecule has 3 nitrogen and oxygen atoms in total. The van der Waals surface area contributed by atoms with Gasteiger partial charge in [-0.2, -0.15) is 0 Å². The molecule has 0 fully saturated rings. The highest BCUT2D eigenvalue weighted by atomic mass is 16.5. The third kappa shape index (κ3) is 4.41. The average molecular weight is 271 g/mol. The highest BCUT2D eigenvalue weighted by Gasteiger charge is 2.09. The first-order chi connectivity index (χ1) is 9.79. The van der Waals surface area contributed by atoms with E-state index in [0.717, 1.165) is 24.4 Å². The van der Waals surface area contributed by atoms with Crippen LogP contribution in [0.5, 0.6) is 5.75 Å². The van der Waals surface area contributed by atoms with Crippen LogP contribution in [-0.4, -0.2) is 9.97 Å². The molecule has 0 saturated carbocycles. The van der Waals surface area contributed by atoms with Gasteiger partial charge >= 0.3 is 0 Å². The van der Waals surface area contributed by atoms with Gasteiger partial charge in [-0.05, 0) is 37.5 Å². The second kappa shape index (κ2) is 7.73. The number of nitrogens with one attached hydrogen (secondary N) is 1. The predicted octanol–water partition coefficient (Wildman–Crippen LogP) is 4.49. The van der Waals surface area contributed by atoms with Gasteiger partial charge in [-0.25, -0.2) is 4.98 Å². The molecule has 0 saturated heterocycles. The lowest BCUT2D eigenvalue weighted by Crippen LogP contribution is -2.04. The molecule has 1 N–H and O–H groups in total. The smallest absolute Gasteiger partial charge is 0.153 e. The van der Waals surface area contributed by atoms with E-state index >= 15 is 0 Å². The largest absolute Gasteiger partial charge is 0.483 e. The third-order valence-electron chi connectivity index (χ3n) is 3.36. The summed E-state index contributed by atoms with van der Waals surface area (Å²) >= 11 is 0. The molecule has 0 aliphatic heterocycles. The average Bonchev–Trinajstić information content (AvgIpc) is 3.00. The number of hydrogen-bond acceptors (Lipinski definition) is 2. The molecular weight excluding hydrogens is 248 g/mol. The molecule has 0 aliphatic rings. The number of unbranched alkanes of at least 4 members (excludes halogenated alkanes) is 3. The van der Waals surface area contributed by atoms with Gasteiger partial charge in [0.25, 0.3) is 0 Å². The van der Waals surface area contributed by atoms with Gasteiger partial charge in [-0.1, -0.05) is 38.3 Å². The fraction of sp³-hybridized carbons (Fsp3) is 0.412. The molecule has 107 valence electrons. The zero-order valence-electron chi connectivity index (χ0n) is 12.1. The van der Waals surface area contributed by atoms with Crippen molar-refractivity contribution in [2.75, 3.05) is 0 Å². The Hall–Kier alpha value is -1.77. The van der Waals surface area contributed by atoms with Crippen LogP contribution < -0.4 is 4.74 Å². The topological polar surface area (TPSA) is 37.9 Å². The van der Waals surface area contributed by atoms with Gasteiger partial charge < -0.3 is 9.72 Å². The number of benzene rings is 1. The van der Waals surface area contributed by atoms with E-state index in [-0.39, 0.29) is 6.10 Å². The molecular formula is C17H23N2O. The first-order valence-electron chi connectivity index (χ1n) is 7.33. The molecule has 2 rings (SSSR count). The molecule has 1 radical (unpaired) electrons. The van der Waals surface area contributed by atoms with Gasteiger partial charge in [-0.15, -0.1) is 0 Å². The van der Waals surface area contributed by atoms with Crippen molar-refractivity contribution in [3.8, 4) is 5.75 Å². The normalized spacial score (nSPS) is 12.3. The summed E-state index contributed by atoms with van der Waals surface area (Å²) in [6.07, 6.45) is 9.38. The Morgan fingerprint density at radius 2 is 2.00 bits per heavy atom. The third-order valence-corrected chi connectivity index (χ3v) is 3.36. The minimum atomic E-state index is -0.0621. The molecule has 0 aliphatic carbocycles. The first-order valence-corrected chi connectivity index (χ1v) is 7.33. The van der Waals surface area contributed by atoms with Gasteiger partial charge in [0.2, 0.25) is 0 Å². The maximum absolute atomic E-state index is 5.85. The Labute approximate surface area is 121 Å². The van der Waals surface area contributed by atoms with Crippen molar-refractivity contribution >= 4 is 0 Å². The van der Waals surface area contributed by atoms with E-state index in [1.54, 1.807) is 6.20 Å². The molecule has 2 aromatic rings. The van der Waals surface area contributed by atoms with E-state index in [2.05, 4.69) is 29.0 Å². The zero-order chi connectivity index (χ0) is 14.2. The SMILES string of the molecule is [CH2]CCCCCc1ccc(OC(C)c2ncc[nH]2)cc1. The summed E-state index contributed by atoms with van der Waals surface area (Å²) in [5.74, 6) is 1.73. The standard InChI is InChI=1S/C17H23N2O/c1-3-4-5-6-7-15-8-10-16(11-9-15)20-14(2)17-18-12-13-19-17/h8-14H,1,3-7H2,2H3,(H,18,19). The quantitative estimate of drug-likeness (QED) is 0.718. The second-order valence-electron chi connectivity index (χ2n) is 5.04. The number of nitrogens with zero attached hydrogens (tertiary/aromatic N) is 1. The number of rotatable bonds is 8. The van der Waals surface area contributed by atoms with Crippen LogP contribution in [0.15, 0.2) is 36.7 Å². The van der Waals surface area contributed by atoms with E-state index in [0.29, 0.717) is 0 Å². The van der Waals surface area contributed by atoms with E-state index in [9.17, 15) is 0 Å². The Kier molecular flexibility index (Phi) is 5.66. The molecule has 1 unspecified atom stereocenters. The van der Waals surface area contributed by atoms with Crippen LogP contribution >= 0.6 is 0 Å². The van der Waals surface area contributed by atoms with Crippen LogP contribution in [0.2, 0.25) is 0 Å².